The summed E-state index contributed by atoms with van der Waals surface area (Å²) in [5.41, 5.74) is 1.89. The molecule has 2 heterocycles. The number of anilines is 1. The van der Waals surface area contributed by atoms with Crippen LogP contribution in [0.4, 0.5) is 10.1 Å². The summed E-state index contributed by atoms with van der Waals surface area (Å²) in [7, 11) is 0. The maximum absolute atomic E-state index is 14.0. The molecule has 154 valence electrons. The Labute approximate surface area is 176 Å². The molecule has 0 bridgehead atoms. The zero-order chi connectivity index (χ0) is 20.2. The molecule has 2 aliphatic heterocycles. The lowest BCUT2D eigenvalue weighted by Gasteiger charge is -2.38. The average molecular weight is 417 g/mol. The van der Waals surface area contributed by atoms with Gasteiger partial charge in [0, 0.05) is 55.5 Å². The number of halogens is 2. The van der Waals surface area contributed by atoms with Gasteiger partial charge in [-0.2, -0.15) is 0 Å². The molecule has 0 spiro atoms. The lowest BCUT2D eigenvalue weighted by Crippen LogP contribution is -3.11. The number of carbonyl (C=O) groups is 1. The number of piperazine rings is 1. The molecule has 1 N–H and O–H groups in total. The topological polar surface area (TPSA) is 28.0 Å². The van der Waals surface area contributed by atoms with Crippen molar-refractivity contribution < 1.29 is 14.1 Å². The highest BCUT2D eigenvalue weighted by atomic mass is 35.5. The zero-order valence-electron chi connectivity index (χ0n) is 16.6. The molecule has 0 aliphatic carbocycles. The van der Waals surface area contributed by atoms with Gasteiger partial charge >= 0.3 is 0 Å². The van der Waals surface area contributed by atoms with E-state index in [0.717, 1.165) is 37.5 Å². The molecule has 6 heteroatoms. The van der Waals surface area contributed by atoms with Gasteiger partial charge in [0.25, 0.3) is 0 Å². The number of para-hydroxylation sites is 1. The first-order chi connectivity index (χ1) is 14.1. The average Bonchev–Trinajstić information content (AvgIpc) is 2.74. The van der Waals surface area contributed by atoms with Gasteiger partial charge < -0.3 is 14.7 Å². The largest absolute Gasteiger partial charge is 0.366 e. The number of benzene rings is 2. The molecular weight excluding hydrogens is 389 g/mol. The number of amides is 1. The number of hydrogen-bond acceptors (Lipinski definition) is 2. The molecule has 2 fully saturated rings. The molecule has 0 radical (unpaired) electrons. The first-order valence-electron chi connectivity index (χ1n) is 10.5. The van der Waals surface area contributed by atoms with Crippen LogP contribution in [0.3, 0.4) is 0 Å². The molecule has 0 saturated carbocycles. The van der Waals surface area contributed by atoms with Crippen molar-refractivity contribution in [3.63, 3.8) is 0 Å². The van der Waals surface area contributed by atoms with Gasteiger partial charge in [-0.25, -0.2) is 4.39 Å². The fraction of sp³-hybridized carbons (Fsp3) is 0.435. The molecule has 2 aromatic carbocycles. The summed E-state index contributed by atoms with van der Waals surface area (Å²) < 4.78 is 14.0. The van der Waals surface area contributed by atoms with E-state index in [9.17, 15) is 9.18 Å². The maximum Gasteiger partial charge on any atom is 0.226 e. The van der Waals surface area contributed by atoms with E-state index >= 15 is 0 Å². The van der Waals surface area contributed by atoms with Crippen LogP contribution < -0.4 is 9.80 Å². The Hall–Kier alpha value is -2.11. The smallest absolute Gasteiger partial charge is 0.226 e. The second-order valence-electron chi connectivity index (χ2n) is 8.09. The minimum atomic E-state index is -0.192. The number of piperidine rings is 1. The van der Waals surface area contributed by atoms with Gasteiger partial charge in [-0.1, -0.05) is 35.9 Å². The predicted octanol–water partition coefficient (Wildman–Crippen LogP) is 2.62. The Morgan fingerprint density at radius 3 is 2.45 bits per heavy atom. The van der Waals surface area contributed by atoms with Gasteiger partial charge in [-0.3, -0.25) is 4.79 Å². The predicted molar refractivity (Wildman–Crippen MR) is 114 cm³/mol. The number of carbonyl (C=O) groups excluding carboxylic acids is 1. The molecule has 2 aliphatic rings. The molecule has 0 aromatic heterocycles. The molecule has 1 amide bonds. The third-order valence-electron chi connectivity index (χ3n) is 6.17. The highest BCUT2D eigenvalue weighted by Crippen LogP contribution is 2.22. The van der Waals surface area contributed by atoms with Gasteiger partial charge in [0.15, 0.2) is 0 Å². The van der Waals surface area contributed by atoms with Crippen LogP contribution in [0.5, 0.6) is 0 Å². The fourth-order valence-electron chi connectivity index (χ4n) is 4.52. The Morgan fingerprint density at radius 2 is 1.76 bits per heavy atom. The molecule has 0 unspecified atom stereocenters. The van der Waals surface area contributed by atoms with Crippen LogP contribution in [0, 0.1) is 11.7 Å². The molecule has 2 aromatic rings. The van der Waals surface area contributed by atoms with Crippen molar-refractivity contribution in [1.82, 2.24) is 4.90 Å². The van der Waals surface area contributed by atoms with Gasteiger partial charge in [0.1, 0.15) is 12.4 Å². The standard InChI is InChI=1S/C23H27ClFN3O/c24-20-5-3-4-18(16-20)17-26-10-8-19(9-11-26)23(29)28-14-12-27(13-15-28)22-7-2-1-6-21(22)25/h1-7,16,19H,8-15,17H2/p+1. The highest BCUT2D eigenvalue weighted by Gasteiger charge is 2.32. The lowest BCUT2D eigenvalue weighted by molar-refractivity contribution is -0.919. The SMILES string of the molecule is O=C(C1CC[NH+](Cc2cccc(Cl)c2)CC1)N1CCN(c2ccccc2F)CC1. The summed E-state index contributed by atoms with van der Waals surface area (Å²) in [6, 6.07) is 14.9. The van der Waals surface area contributed by atoms with Crippen molar-refractivity contribution in [2.24, 2.45) is 5.92 Å². The summed E-state index contributed by atoms with van der Waals surface area (Å²) in [4.78, 5) is 18.5. The van der Waals surface area contributed by atoms with Gasteiger partial charge in [0.05, 0.1) is 18.8 Å². The fourth-order valence-corrected chi connectivity index (χ4v) is 4.73. The minimum absolute atomic E-state index is 0.123. The third kappa shape index (κ3) is 4.90. The molecule has 29 heavy (non-hydrogen) atoms. The van der Waals surface area contributed by atoms with E-state index in [0.29, 0.717) is 31.9 Å². The zero-order valence-corrected chi connectivity index (χ0v) is 17.4. The van der Waals surface area contributed by atoms with Crippen molar-refractivity contribution in [3.05, 3.63) is 64.9 Å². The molecule has 0 atom stereocenters. The molecular formula is C23H28ClFN3O+. The number of nitrogens with zero attached hydrogens (tertiary/aromatic N) is 2. The van der Waals surface area contributed by atoms with Crippen LogP contribution in [0.25, 0.3) is 0 Å². The van der Waals surface area contributed by atoms with Crippen LogP contribution in [-0.2, 0) is 11.3 Å². The van der Waals surface area contributed by atoms with Crippen LogP contribution in [0.15, 0.2) is 48.5 Å². The third-order valence-corrected chi connectivity index (χ3v) is 6.40. The van der Waals surface area contributed by atoms with Crippen molar-refractivity contribution in [2.45, 2.75) is 19.4 Å². The van der Waals surface area contributed by atoms with E-state index in [-0.39, 0.29) is 17.6 Å². The van der Waals surface area contributed by atoms with E-state index in [2.05, 4.69) is 6.07 Å². The first kappa shape index (κ1) is 20.2. The van der Waals surface area contributed by atoms with Crippen molar-refractivity contribution >= 4 is 23.2 Å². The van der Waals surface area contributed by atoms with Gasteiger partial charge in [-0.15, -0.1) is 0 Å². The van der Waals surface area contributed by atoms with Crippen LogP contribution in [-0.4, -0.2) is 50.1 Å². The number of hydrogen-bond donors (Lipinski definition) is 1. The maximum atomic E-state index is 14.0. The van der Waals surface area contributed by atoms with E-state index in [1.165, 1.54) is 16.5 Å². The van der Waals surface area contributed by atoms with E-state index in [1.54, 1.807) is 6.07 Å². The van der Waals surface area contributed by atoms with Crippen molar-refractivity contribution in [3.8, 4) is 0 Å². The normalized spacial score (nSPS) is 22.6. The first-order valence-corrected chi connectivity index (χ1v) is 10.8. The summed E-state index contributed by atoms with van der Waals surface area (Å²) >= 11 is 6.09. The van der Waals surface area contributed by atoms with Crippen molar-refractivity contribution in [2.75, 3.05) is 44.2 Å². The van der Waals surface area contributed by atoms with Crippen molar-refractivity contribution in [1.29, 1.82) is 0 Å². The summed E-state index contributed by atoms with van der Waals surface area (Å²) in [6.45, 7) is 5.70. The summed E-state index contributed by atoms with van der Waals surface area (Å²) in [5.74, 6) is 0.209. The van der Waals surface area contributed by atoms with Crippen LogP contribution in [0.1, 0.15) is 18.4 Å². The Morgan fingerprint density at radius 1 is 1.03 bits per heavy atom. The Balaban J connectivity index is 1.25. The summed E-state index contributed by atoms with van der Waals surface area (Å²) in [5, 5.41) is 0.779. The number of nitrogens with one attached hydrogen (secondary N) is 1. The van der Waals surface area contributed by atoms with E-state index in [1.807, 2.05) is 40.1 Å². The van der Waals surface area contributed by atoms with E-state index < -0.39 is 0 Å². The quantitative estimate of drug-likeness (QED) is 0.829. The molecule has 2 saturated heterocycles. The monoisotopic (exact) mass is 416 g/mol. The summed E-state index contributed by atoms with van der Waals surface area (Å²) in [6.07, 6.45) is 1.87. The molecule has 4 rings (SSSR count). The second kappa shape index (κ2) is 9.14. The van der Waals surface area contributed by atoms with Crippen LogP contribution >= 0.6 is 11.6 Å². The Kier molecular flexibility index (Phi) is 6.36. The number of quaternary nitrogens is 1. The second-order valence-corrected chi connectivity index (χ2v) is 8.53. The van der Waals surface area contributed by atoms with Gasteiger partial charge in [-0.05, 0) is 24.3 Å². The van der Waals surface area contributed by atoms with E-state index in [4.69, 9.17) is 11.6 Å². The highest BCUT2D eigenvalue weighted by molar-refractivity contribution is 6.30. The number of rotatable bonds is 4. The van der Waals surface area contributed by atoms with Crippen LogP contribution in [0.2, 0.25) is 5.02 Å². The number of likely N-dealkylation sites (tertiary alicyclic amines) is 1. The Bertz CT molecular complexity index is 846. The van der Waals surface area contributed by atoms with Gasteiger partial charge in [0.2, 0.25) is 5.91 Å². The lowest BCUT2D eigenvalue weighted by atomic mass is 9.94. The molecule has 4 nitrogen and oxygen atoms in total. The minimum Gasteiger partial charge on any atom is -0.366 e.